The molecule has 2 heterocycles. The lowest BCUT2D eigenvalue weighted by Crippen LogP contribution is -2.73. The number of rotatable bonds is 2. The van der Waals surface area contributed by atoms with Crippen LogP contribution in [-0.4, -0.2) is 34.7 Å². The molecule has 6 heteroatoms. The van der Waals surface area contributed by atoms with E-state index in [-0.39, 0.29) is 27.6 Å². The second-order valence-electron chi connectivity index (χ2n) is 4.66. The highest BCUT2D eigenvalue weighted by molar-refractivity contribution is 6.92. The number of hydrogen-bond donors (Lipinski definition) is 2. The highest BCUT2D eigenvalue weighted by Gasteiger charge is 2.70. The van der Waals surface area contributed by atoms with Gasteiger partial charge >= 0.3 is 5.97 Å². The fraction of sp³-hybridized carbons (Fsp3) is 0.800. The monoisotopic (exact) mass is 246 g/mol. The van der Waals surface area contributed by atoms with Gasteiger partial charge in [0.05, 0.1) is 12.0 Å². The Hall–Kier alpha value is -0.670. The maximum Gasteiger partial charge on any atom is 0.338 e. The smallest absolute Gasteiger partial charge is 0.338 e. The van der Waals surface area contributed by atoms with Gasteiger partial charge in [-0.25, -0.2) is 4.79 Å². The number of fused-ring (bicyclic) bond motifs is 1. The lowest BCUT2D eigenvalue weighted by Gasteiger charge is -2.46. The fourth-order valence-corrected chi connectivity index (χ4v) is 2.33. The van der Waals surface area contributed by atoms with Crippen LogP contribution in [0.3, 0.4) is 0 Å². The zero-order chi connectivity index (χ0) is 11.4. The van der Waals surface area contributed by atoms with Crippen LogP contribution in [0.4, 0.5) is 0 Å². The van der Waals surface area contributed by atoms with Crippen molar-refractivity contribution in [2.45, 2.75) is 38.5 Å². The molecule has 5 nitrogen and oxygen atoms in total. The molecule has 16 heavy (non-hydrogen) atoms. The van der Waals surface area contributed by atoms with Crippen molar-refractivity contribution in [1.29, 1.82) is 0 Å². The Morgan fingerprint density at radius 2 is 2.00 bits per heavy atom. The molecule has 4 atom stereocenters. The third-order valence-corrected chi connectivity index (χ3v) is 3.32. The Balaban J connectivity index is 0.00000128. The molecule has 0 aromatic rings. The van der Waals surface area contributed by atoms with Crippen LogP contribution in [0.1, 0.15) is 20.8 Å². The maximum absolute atomic E-state index is 11.5. The van der Waals surface area contributed by atoms with E-state index in [1.807, 2.05) is 0 Å². The minimum atomic E-state index is -1.19. The van der Waals surface area contributed by atoms with Crippen molar-refractivity contribution in [3.8, 4) is 0 Å². The number of carbonyl (C=O) groups excluding carboxylic acids is 2. The molecule has 92 valence electrons. The molecule has 0 aromatic heterocycles. The molecule has 0 spiro atoms. The molecule has 1 amide bonds. The molecule has 0 bridgehead atoms. The summed E-state index contributed by atoms with van der Waals surface area (Å²) >= 11 is 0. The van der Waals surface area contributed by atoms with E-state index in [2.05, 4.69) is 5.32 Å². The molecule has 2 aliphatic heterocycles. The first-order valence-corrected chi connectivity index (χ1v) is 5.12. The van der Waals surface area contributed by atoms with Crippen molar-refractivity contribution < 1.29 is 19.4 Å². The summed E-state index contributed by atoms with van der Waals surface area (Å²) in [5.74, 6) is -1.24. The fourth-order valence-electron chi connectivity index (χ4n) is 2.33. The predicted molar refractivity (Wildman–Crippen MR) is 60.5 cm³/mol. The van der Waals surface area contributed by atoms with E-state index in [0.717, 1.165) is 0 Å². The highest BCUT2D eigenvalue weighted by Crippen LogP contribution is 2.42. The van der Waals surface area contributed by atoms with Gasteiger partial charge < -0.3 is 25.1 Å². The minimum Gasteiger partial charge on any atom is -0.577 e. The summed E-state index contributed by atoms with van der Waals surface area (Å²) in [5, 5.41) is 12.6. The molecule has 0 radical (unpaired) electrons. The minimum absolute atomic E-state index is 0. The van der Waals surface area contributed by atoms with Gasteiger partial charge in [0.15, 0.2) is 0 Å². The summed E-state index contributed by atoms with van der Waals surface area (Å²) in [5.41, 5.74) is -1.19. The van der Waals surface area contributed by atoms with E-state index < -0.39 is 23.7 Å². The largest absolute Gasteiger partial charge is 0.577 e. The molecule has 0 aliphatic carbocycles. The Labute approximate surface area is 97.5 Å². The van der Waals surface area contributed by atoms with Gasteiger partial charge in [-0.3, -0.25) is 4.79 Å². The molecule has 0 saturated carbocycles. The summed E-state index contributed by atoms with van der Waals surface area (Å²) in [7, 11) is 0. The van der Waals surface area contributed by atoms with Crippen LogP contribution in [0.2, 0.25) is 0 Å². The van der Waals surface area contributed by atoms with E-state index in [0.29, 0.717) is 0 Å². The van der Waals surface area contributed by atoms with Gasteiger partial charge in [-0.2, -0.15) is 0 Å². The van der Waals surface area contributed by atoms with Crippen LogP contribution in [0.25, 0.3) is 0 Å². The molecule has 2 N–H and O–H groups in total. The lowest BCUT2D eigenvalue weighted by molar-refractivity contribution is -0.206. The number of aliphatic hydroxyl groups is 1. The standard InChI is InChI=1S/C10H15NO4.H2P/c1-4(2)6(12)10-7(15-9(10)14)5(3)8(13)11-10;/h4-7,12H,1-3H3,(H,11,13);1H2/q;-1/t5-,6+,7+,10?;/m1./s1. The van der Waals surface area contributed by atoms with E-state index in [4.69, 9.17) is 4.74 Å². The number of amides is 1. The van der Waals surface area contributed by atoms with Crippen molar-refractivity contribution in [3.63, 3.8) is 0 Å². The lowest BCUT2D eigenvalue weighted by atomic mass is 9.76. The van der Waals surface area contributed by atoms with E-state index >= 15 is 0 Å². The summed E-state index contributed by atoms with van der Waals surface area (Å²) in [4.78, 5) is 22.9. The average Bonchev–Trinajstić information content (AvgIpc) is 2.37. The van der Waals surface area contributed by atoms with Crippen LogP contribution >= 0.6 is 9.90 Å². The molecular weight excluding hydrogens is 229 g/mol. The molecule has 2 fully saturated rings. The van der Waals surface area contributed by atoms with Gasteiger partial charge in [-0.1, -0.05) is 13.8 Å². The zero-order valence-electron chi connectivity index (χ0n) is 9.56. The van der Waals surface area contributed by atoms with Gasteiger partial charge in [-0.05, 0) is 12.8 Å². The van der Waals surface area contributed by atoms with Crippen LogP contribution in [0.5, 0.6) is 0 Å². The van der Waals surface area contributed by atoms with E-state index in [9.17, 15) is 14.7 Å². The number of ether oxygens (including phenoxy) is 1. The second kappa shape index (κ2) is 3.97. The second-order valence-corrected chi connectivity index (χ2v) is 4.66. The maximum atomic E-state index is 11.5. The zero-order valence-corrected chi connectivity index (χ0v) is 10.7. The molecule has 2 aliphatic rings. The molecule has 1 unspecified atom stereocenters. The van der Waals surface area contributed by atoms with Gasteiger partial charge in [0, 0.05) is 0 Å². The summed E-state index contributed by atoms with van der Waals surface area (Å²) < 4.78 is 4.94. The average molecular weight is 246 g/mol. The first-order chi connectivity index (χ1) is 6.91. The first kappa shape index (κ1) is 13.4. The van der Waals surface area contributed by atoms with Crippen molar-refractivity contribution >= 4 is 21.8 Å². The normalized spacial score (nSPS) is 38.1. The van der Waals surface area contributed by atoms with E-state index in [1.165, 1.54) is 0 Å². The first-order valence-electron chi connectivity index (χ1n) is 5.12. The predicted octanol–water partition coefficient (Wildman–Crippen LogP) is -0.241. The van der Waals surface area contributed by atoms with Crippen LogP contribution in [-0.2, 0) is 14.3 Å². The quantitative estimate of drug-likeness (QED) is 0.521. The van der Waals surface area contributed by atoms with Crippen molar-refractivity contribution in [2.75, 3.05) is 0 Å². The van der Waals surface area contributed by atoms with Gasteiger partial charge in [0.2, 0.25) is 11.4 Å². The summed E-state index contributed by atoms with van der Waals surface area (Å²) in [6, 6.07) is 0. The van der Waals surface area contributed by atoms with Crippen LogP contribution in [0.15, 0.2) is 0 Å². The molecule has 0 aromatic carbocycles. The molecular formula is C10H17NO4P-. The summed E-state index contributed by atoms with van der Waals surface area (Å²) in [6.45, 7) is 5.30. The molecule has 2 saturated heterocycles. The van der Waals surface area contributed by atoms with E-state index in [1.54, 1.807) is 20.8 Å². The van der Waals surface area contributed by atoms with Gasteiger partial charge in [0.25, 0.3) is 0 Å². The highest BCUT2D eigenvalue weighted by atomic mass is 31.0. The molecule has 2 rings (SSSR count). The number of aliphatic hydroxyl groups excluding tert-OH is 1. The van der Waals surface area contributed by atoms with Gasteiger partial charge in [-0.15, -0.1) is 0 Å². The Morgan fingerprint density at radius 3 is 2.38 bits per heavy atom. The SMILES string of the molecule is CC(C)[C@H](O)C12NC(=O)[C@H](C)[C@@H]1OC2=O.[PH2-]. The third kappa shape index (κ3) is 1.38. The van der Waals surface area contributed by atoms with Crippen molar-refractivity contribution in [3.05, 3.63) is 0 Å². The third-order valence-electron chi connectivity index (χ3n) is 3.32. The van der Waals surface area contributed by atoms with Crippen molar-refractivity contribution in [2.24, 2.45) is 11.8 Å². The number of carbonyl (C=O) groups is 2. The van der Waals surface area contributed by atoms with Crippen LogP contribution < -0.4 is 5.32 Å². The number of hydrogen-bond acceptors (Lipinski definition) is 4. The number of nitrogens with one attached hydrogen (secondary N) is 1. The number of esters is 1. The summed E-state index contributed by atoms with van der Waals surface area (Å²) in [6.07, 6.45) is -1.41. The van der Waals surface area contributed by atoms with Gasteiger partial charge in [0.1, 0.15) is 6.10 Å². The Bertz CT molecular complexity index is 333. The van der Waals surface area contributed by atoms with Crippen LogP contribution in [0, 0.1) is 11.8 Å². The Morgan fingerprint density at radius 1 is 1.44 bits per heavy atom. The Kier molecular flexibility index (Phi) is 3.32. The van der Waals surface area contributed by atoms with Crippen molar-refractivity contribution in [1.82, 2.24) is 5.32 Å². The topological polar surface area (TPSA) is 75.6 Å².